The normalized spacial score (nSPS) is 16.0. The third-order valence-electron chi connectivity index (χ3n) is 5.63. The van der Waals surface area contributed by atoms with Gasteiger partial charge in [0.05, 0.1) is 19.1 Å². The molecule has 1 fully saturated rings. The molecule has 0 bridgehead atoms. The summed E-state index contributed by atoms with van der Waals surface area (Å²) in [7, 11) is -0.563. The van der Waals surface area contributed by atoms with Gasteiger partial charge in [-0.1, -0.05) is 0 Å². The van der Waals surface area contributed by atoms with Gasteiger partial charge in [0.15, 0.2) is 0 Å². The molecular weight excluding hydrogens is 446 g/mol. The maximum absolute atomic E-state index is 12.9. The molecule has 0 unspecified atom stereocenters. The lowest BCUT2D eigenvalue weighted by molar-refractivity contribution is -0.129. The second kappa shape index (κ2) is 10.7. The van der Waals surface area contributed by atoms with Gasteiger partial charge in [-0.25, -0.2) is 8.42 Å². The van der Waals surface area contributed by atoms with Crippen LogP contribution in [-0.4, -0.2) is 57.9 Å². The number of nitrogens with one attached hydrogen (secondary N) is 2. The van der Waals surface area contributed by atoms with Gasteiger partial charge in [0.25, 0.3) is 0 Å². The fourth-order valence-electron chi connectivity index (χ4n) is 3.58. The quantitative estimate of drug-likeness (QED) is 0.605. The summed E-state index contributed by atoms with van der Waals surface area (Å²) in [4.78, 5) is 25.3. The monoisotopic (exact) mass is 475 g/mol. The van der Waals surface area contributed by atoms with E-state index < -0.39 is 16.1 Å². The highest BCUT2D eigenvalue weighted by atomic mass is 32.2. The summed E-state index contributed by atoms with van der Waals surface area (Å²) in [5.74, 6) is 0.301. The molecule has 9 nitrogen and oxygen atoms in total. The van der Waals surface area contributed by atoms with Gasteiger partial charge in [-0.3, -0.25) is 9.59 Å². The molecule has 0 aromatic heterocycles. The molecule has 178 valence electrons. The Balaban J connectivity index is 1.51. The van der Waals surface area contributed by atoms with E-state index in [1.54, 1.807) is 50.4 Å². The molecular formula is C23H29N3O6S. The minimum Gasteiger partial charge on any atom is -0.497 e. The number of nitrogens with zero attached hydrogens (tertiary/aromatic N) is 1. The lowest BCUT2D eigenvalue weighted by Crippen LogP contribution is -2.47. The lowest BCUT2D eigenvalue weighted by Gasteiger charge is -2.31. The molecule has 2 amide bonds. The Morgan fingerprint density at radius 3 is 1.97 bits per heavy atom. The number of methoxy groups -OCH3 is 2. The first-order valence-corrected chi connectivity index (χ1v) is 12.1. The first-order valence-electron chi connectivity index (χ1n) is 10.6. The van der Waals surface area contributed by atoms with Crippen LogP contribution in [0.25, 0.3) is 0 Å². The molecule has 0 spiro atoms. The Bertz CT molecular complexity index is 1060. The highest BCUT2D eigenvalue weighted by molar-refractivity contribution is 7.89. The van der Waals surface area contributed by atoms with Crippen LogP contribution in [0.4, 0.5) is 5.69 Å². The fourth-order valence-corrected chi connectivity index (χ4v) is 5.05. The Labute approximate surface area is 194 Å². The summed E-state index contributed by atoms with van der Waals surface area (Å²) >= 11 is 0. The average molecular weight is 476 g/mol. The Morgan fingerprint density at radius 2 is 1.45 bits per heavy atom. The summed E-state index contributed by atoms with van der Waals surface area (Å²) in [6.45, 7) is 2.08. The molecule has 33 heavy (non-hydrogen) atoms. The average Bonchev–Trinajstić information content (AvgIpc) is 2.84. The van der Waals surface area contributed by atoms with E-state index in [0.29, 0.717) is 30.0 Å². The SMILES string of the molecule is COc1ccc(NC(=O)[C@@H](C)NC(=O)C2CCN(S(=O)(=O)c3ccc(OC)cc3)CC2)cc1. The molecule has 2 aromatic rings. The molecule has 2 aromatic carbocycles. The third kappa shape index (κ3) is 6.02. The number of anilines is 1. The van der Waals surface area contributed by atoms with Crippen molar-refractivity contribution in [2.75, 3.05) is 32.6 Å². The van der Waals surface area contributed by atoms with E-state index in [0.717, 1.165) is 0 Å². The number of ether oxygens (including phenoxy) is 2. The van der Waals surface area contributed by atoms with E-state index in [4.69, 9.17) is 9.47 Å². The molecule has 0 radical (unpaired) electrons. The summed E-state index contributed by atoms with van der Waals surface area (Å²) in [5, 5.41) is 5.48. The van der Waals surface area contributed by atoms with E-state index in [2.05, 4.69) is 10.6 Å². The lowest BCUT2D eigenvalue weighted by atomic mass is 9.97. The van der Waals surface area contributed by atoms with Crippen molar-refractivity contribution in [2.45, 2.75) is 30.7 Å². The van der Waals surface area contributed by atoms with Crippen LogP contribution in [0.1, 0.15) is 19.8 Å². The Hall–Kier alpha value is -3.11. The van der Waals surface area contributed by atoms with Crippen LogP contribution in [0.15, 0.2) is 53.4 Å². The minimum absolute atomic E-state index is 0.190. The van der Waals surface area contributed by atoms with Crippen molar-refractivity contribution >= 4 is 27.5 Å². The largest absolute Gasteiger partial charge is 0.497 e. The van der Waals surface area contributed by atoms with E-state index >= 15 is 0 Å². The van der Waals surface area contributed by atoms with Crippen molar-refractivity contribution in [1.82, 2.24) is 9.62 Å². The standard InChI is InChI=1S/C23H29N3O6S/c1-16(22(27)25-18-4-6-19(31-2)7-5-18)24-23(28)17-12-14-26(15-13-17)33(29,30)21-10-8-20(32-3)9-11-21/h4-11,16-17H,12-15H2,1-3H3,(H,24,28)(H,25,27)/t16-/m1/s1. The maximum Gasteiger partial charge on any atom is 0.246 e. The summed E-state index contributed by atoms with van der Waals surface area (Å²) in [6, 6.07) is 12.4. The smallest absolute Gasteiger partial charge is 0.246 e. The second-order valence-corrected chi connectivity index (χ2v) is 9.74. The molecule has 1 aliphatic rings. The van der Waals surface area contributed by atoms with Gasteiger partial charge < -0.3 is 20.1 Å². The molecule has 10 heteroatoms. The van der Waals surface area contributed by atoms with Crippen molar-refractivity contribution in [3.8, 4) is 11.5 Å². The predicted octanol–water partition coefficient (Wildman–Crippen LogP) is 2.25. The van der Waals surface area contributed by atoms with Crippen LogP contribution >= 0.6 is 0 Å². The highest BCUT2D eigenvalue weighted by Gasteiger charge is 2.33. The zero-order valence-electron chi connectivity index (χ0n) is 18.9. The molecule has 3 rings (SSSR count). The van der Waals surface area contributed by atoms with Gasteiger partial charge >= 0.3 is 0 Å². The fraction of sp³-hybridized carbons (Fsp3) is 0.391. The molecule has 2 N–H and O–H groups in total. The second-order valence-electron chi connectivity index (χ2n) is 7.80. The zero-order chi connectivity index (χ0) is 24.0. The van der Waals surface area contributed by atoms with Crippen molar-refractivity contribution in [1.29, 1.82) is 0 Å². The number of sulfonamides is 1. The first-order chi connectivity index (χ1) is 15.7. The third-order valence-corrected chi connectivity index (χ3v) is 7.54. The van der Waals surface area contributed by atoms with E-state index in [9.17, 15) is 18.0 Å². The Morgan fingerprint density at radius 1 is 0.939 bits per heavy atom. The minimum atomic E-state index is -3.64. The van der Waals surface area contributed by atoms with Crippen LogP contribution in [0.3, 0.4) is 0 Å². The molecule has 1 saturated heterocycles. The van der Waals surface area contributed by atoms with Gasteiger partial charge in [-0.15, -0.1) is 0 Å². The van der Waals surface area contributed by atoms with Crippen LogP contribution < -0.4 is 20.1 Å². The van der Waals surface area contributed by atoms with Gasteiger partial charge in [0, 0.05) is 24.7 Å². The van der Waals surface area contributed by atoms with Crippen molar-refractivity contribution in [3.05, 3.63) is 48.5 Å². The number of hydrogen-bond acceptors (Lipinski definition) is 6. The van der Waals surface area contributed by atoms with Crippen molar-refractivity contribution in [3.63, 3.8) is 0 Å². The van der Waals surface area contributed by atoms with Crippen LogP contribution in [0.5, 0.6) is 11.5 Å². The zero-order valence-corrected chi connectivity index (χ0v) is 19.7. The molecule has 1 heterocycles. The van der Waals surface area contributed by atoms with Gasteiger partial charge in [-0.2, -0.15) is 4.31 Å². The number of carbonyl (C=O) groups is 2. The van der Waals surface area contributed by atoms with Crippen LogP contribution in [0, 0.1) is 5.92 Å². The van der Waals surface area contributed by atoms with E-state index in [-0.39, 0.29) is 35.7 Å². The van der Waals surface area contributed by atoms with Crippen molar-refractivity contribution < 1.29 is 27.5 Å². The van der Waals surface area contributed by atoms with Gasteiger partial charge in [0.1, 0.15) is 17.5 Å². The molecule has 0 saturated carbocycles. The molecule has 1 atom stereocenters. The molecule has 0 aliphatic carbocycles. The number of hydrogen-bond donors (Lipinski definition) is 2. The molecule has 1 aliphatic heterocycles. The van der Waals surface area contributed by atoms with E-state index in [1.807, 2.05) is 0 Å². The van der Waals surface area contributed by atoms with Crippen LogP contribution in [-0.2, 0) is 19.6 Å². The summed E-state index contributed by atoms with van der Waals surface area (Å²) < 4.78 is 37.3. The summed E-state index contributed by atoms with van der Waals surface area (Å²) in [6.07, 6.45) is 0.766. The highest BCUT2D eigenvalue weighted by Crippen LogP contribution is 2.25. The predicted molar refractivity (Wildman–Crippen MR) is 124 cm³/mol. The van der Waals surface area contributed by atoms with E-state index in [1.165, 1.54) is 23.5 Å². The topological polar surface area (TPSA) is 114 Å². The first kappa shape index (κ1) is 24.5. The van der Waals surface area contributed by atoms with Gasteiger partial charge in [-0.05, 0) is 68.3 Å². The number of rotatable bonds is 8. The number of carbonyl (C=O) groups excluding carboxylic acids is 2. The Kier molecular flexibility index (Phi) is 7.93. The van der Waals surface area contributed by atoms with Crippen molar-refractivity contribution in [2.24, 2.45) is 5.92 Å². The summed E-state index contributed by atoms with van der Waals surface area (Å²) in [5.41, 5.74) is 0.596. The number of amides is 2. The maximum atomic E-state index is 12.9. The van der Waals surface area contributed by atoms with Gasteiger partial charge in [0.2, 0.25) is 21.8 Å². The number of benzene rings is 2. The van der Waals surface area contributed by atoms with Crippen LogP contribution in [0.2, 0.25) is 0 Å². The number of piperidine rings is 1.